The van der Waals surface area contributed by atoms with Crippen molar-refractivity contribution in [2.45, 2.75) is 38.8 Å². The first-order valence-electron chi connectivity index (χ1n) is 11.9. The van der Waals surface area contributed by atoms with E-state index in [0.29, 0.717) is 30.0 Å². The third kappa shape index (κ3) is 5.40. The number of nitriles is 1. The Labute approximate surface area is 213 Å². The quantitative estimate of drug-likeness (QED) is 0.289. The molecule has 0 atom stereocenters. The lowest BCUT2D eigenvalue weighted by atomic mass is 9.95. The first-order valence-corrected chi connectivity index (χ1v) is 12.7. The second-order valence-corrected chi connectivity index (χ2v) is 9.62. The predicted octanol–water partition coefficient (Wildman–Crippen LogP) is 6.35. The number of nitrogens with zero attached hydrogens (tertiary/aromatic N) is 2. The molecule has 2 heterocycles. The van der Waals surface area contributed by atoms with E-state index in [4.69, 9.17) is 14.1 Å². The molecule has 2 aromatic heterocycles. The van der Waals surface area contributed by atoms with Gasteiger partial charge in [0, 0.05) is 16.7 Å². The number of aliphatic imine (C=N–C) groups is 1. The van der Waals surface area contributed by atoms with Crippen LogP contribution in [0.1, 0.15) is 56.1 Å². The highest BCUT2D eigenvalue weighted by atomic mass is 32.1. The Morgan fingerprint density at radius 1 is 1.11 bits per heavy atom. The molecule has 0 saturated carbocycles. The van der Waals surface area contributed by atoms with Crippen LogP contribution in [0.2, 0.25) is 0 Å². The number of aryl methyl sites for hydroxylation is 1. The van der Waals surface area contributed by atoms with Crippen LogP contribution in [0.3, 0.4) is 0 Å². The summed E-state index contributed by atoms with van der Waals surface area (Å²) < 4.78 is 11.2. The van der Waals surface area contributed by atoms with Gasteiger partial charge in [0.15, 0.2) is 0 Å². The summed E-state index contributed by atoms with van der Waals surface area (Å²) in [5.41, 5.74) is 4.20. The van der Waals surface area contributed by atoms with Crippen LogP contribution in [0.4, 0.5) is 5.00 Å². The van der Waals surface area contributed by atoms with Crippen molar-refractivity contribution in [3.63, 3.8) is 0 Å². The molecule has 4 aromatic rings. The van der Waals surface area contributed by atoms with E-state index in [9.17, 15) is 10.1 Å². The van der Waals surface area contributed by atoms with E-state index in [1.807, 2.05) is 54.6 Å². The molecule has 6 nitrogen and oxygen atoms in total. The summed E-state index contributed by atoms with van der Waals surface area (Å²) >= 11 is 1.61. The topological polar surface area (TPSA) is 87.6 Å². The third-order valence-electron chi connectivity index (χ3n) is 6.13. The monoisotopic (exact) mass is 495 g/mol. The van der Waals surface area contributed by atoms with E-state index in [2.05, 4.69) is 11.4 Å². The number of hydrogen-bond acceptors (Lipinski definition) is 6. The Hall–Kier alpha value is -4.15. The van der Waals surface area contributed by atoms with Gasteiger partial charge in [0.05, 0.1) is 30.0 Å². The van der Waals surface area contributed by atoms with Crippen LogP contribution in [0.15, 0.2) is 76.3 Å². The van der Waals surface area contributed by atoms with Crippen molar-refractivity contribution in [3.8, 4) is 11.8 Å². The van der Waals surface area contributed by atoms with E-state index >= 15 is 0 Å². The van der Waals surface area contributed by atoms with Crippen LogP contribution in [0.5, 0.6) is 5.75 Å². The molecule has 36 heavy (non-hydrogen) atoms. The number of nitrogens with one attached hydrogen (secondary N) is 1. The summed E-state index contributed by atoms with van der Waals surface area (Å²) in [4.78, 5) is 19.1. The van der Waals surface area contributed by atoms with Gasteiger partial charge in [-0.1, -0.05) is 18.2 Å². The standard InChI is InChI=1S/C29H25N3O3S/c30-16-21-6-1-2-7-22(21)19-35-23-13-11-20(12-14-23)17-32-29-27(25-9-3-4-10-26(25)36-29)28(33)31-18-24-8-5-15-34-24/h1-2,5-8,11-15,17H,3-4,9-10,18-19H2,(H,31,33)/b32-17+. The van der Waals surface area contributed by atoms with E-state index in [1.54, 1.807) is 29.9 Å². The molecule has 1 amide bonds. The van der Waals surface area contributed by atoms with Crippen LogP contribution in [0.25, 0.3) is 0 Å². The molecule has 7 heteroatoms. The maximum atomic E-state index is 13.1. The van der Waals surface area contributed by atoms with Crippen molar-refractivity contribution in [2.75, 3.05) is 0 Å². The first kappa shape index (κ1) is 23.6. The van der Waals surface area contributed by atoms with Crippen LogP contribution in [0, 0.1) is 11.3 Å². The van der Waals surface area contributed by atoms with E-state index < -0.39 is 0 Å². The minimum Gasteiger partial charge on any atom is -0.489 e. The summed E-state index contributed by atoms with van der Waals surface area (Å²) in [6.07, 6.45) is 7.53. The van der Waals surface area contributed by atoms with Crippen LogP contribution in [-0.4, -0.2) is 12.1 Å². The van der Waals surface area contributed by atoms with Crippen molar-refractivity contribution in [1.29, 1.82) is 5.26 Å². The van der Waals surface area contributed by atoms with Gasteiger partial charge < -0.3 is 14.5 Å². The van der Waals surface area contributed by atoms with Gasteiger partial charge in [-0.25, -0.2) is 4.99 Å². The van der Waals surface area contributed by atoms with Gasteiger partial charge in [-0.3, -0.25) is 4.79 Å². The fraction of sp³-hybridized carbons (Fsp3) is 0.207. The molecule has 5 rings (SSSR count). The van der Waals surface area contributed by atoms with Crippen LogP contribution >= 0.6 is 11.3 Å². The molecule has 1 N–H and O–H groups in total. The van der Waals surface area contributed by atoms with Gasteiger partial charge in [-0.05, 0) is 79.3 Å². The number of amides is 1. The summed E-state index contributed by atoms with van der Waals surface area (Å²) in [6.45, 7) is 0.675. The Morgan fingerprint density at radius 3 is 2.75 bits per heavy atom. The van der Waals surface area contributed by atoms with Crippen molar-refractivity contribution < 1.29 is 13.9 Å². The average Bonchev–Trinajstić information content (AvgIpc) is 3.58. The lowest BCUT2D eigenvalue weighted by Gasteiger charge is -2.12. The summed E-state index contributed by atoms with van der Waals surface area (Å²) in [7, 11) is 0. The Morgan fingerprint density at radius 2 is 1.94 bits per heavy atom. The molecule has 0 unspecified atom stereocenters. The van der Waals surface area contributed by atoms with Crippen LogP contribution in [-0.2, 0) is 26.0 Å². The normalized spacial score (nSPS) is 12.8. The van der Waals surface area contributed by atoms with Gasteiger partial charge in [0.25, 0.3) is 5.91 Å². The van der Waals surface area contributed by atoms with Crippen LogP contribution < -0.4 is 10.1 Å². The van der Waals surface area contributed by atoms with Crippen molar-refractivity contribution >= 4 is 28.5 Å². The number of furan rings is 1. The number of benzene rings is 2. The number of hydrogen-bond donors (Lipinski definition) is 1. The number of carbonyl (C=O) groups excluding carboxylic acids is 1. The summed E-state index contributed by atoms with van der Waals surface area (Å²) in [6, 6.07) is 20.9. The minimum absolute atomic E-state index is 0.112. The zero-order valence-corrected chi connectivity index (χ0v) is 20.5. The SMILES string of the molecule is N#Cc1ccccc1COc1ccc(/C=N/c2sc3c(c2C(=O)NCc2ccco2)CCCC3)cc1. The van der Waals surface area contributed by atoms with Crippen molar-refractivity contribution in [3.05, 3.63) is 105 Å². The van der Waals surface area contributed by atoms with Gasteiger partial charge in [-0.2, -0.15) is 5.26 Å². The van der Waals surface area contributed by atoms with Gasteiger partial charge in [0.2, 0.25) is 0 Å². The van der Waals surface area contributed by atoms with Gasteiger partial charge in [0.1, 0.15) is 23.1 Å². The third-order valence-corrected chi connectivity index (χ3v) is 7.33. The van der Waals surface area contributed by atoms with E-state index in [1.165, 1.54) is 4.88 Å². The maximum Gasteiger partial charge on any atom is 0.255 e. The first-order chi connectivity index (χ1) is 17.7. The molecule has 0 saturated heterocycles. The summed E-state index contributed by atoms with van der Waals surface area (Å²) in [5, 5.41) is 13.0. The number of thiophene rings is 1. The Bertz CT molecular complexity index is 1410. The zero-order valence-electron chi connectivity index (χ0n) is 19.7. The highest BCUT2D eigenvalue weighted by Gasteiger charge is 2.25. The maximum absolute atomic E-state index is 13.1. The molecule has 0 radical (unpaired) electrons. The van der Waals surface area contributed by atoms with Crippen molar-refractivity contribution in [1.82, 2.24) is 5.32 Å². The highest BCUT2D eigenvalue weighted by Crippen LogP contribution is 2.40. The van der Waals surface area contributed by atoms with Gasteiger partial charge in [-0.15, -0.1) is 11.3 Å². The molecule has 0 spiro atoms. The zero-order chi connectivity index (χ0) is 24.7. The predicted molar refractivity (Wildman–Crippen MR) is 140 cm³/mol. The molecule has 0 fully saturated rings. The molecule has 0 bridgehead atoms. The number of carbonyl (C=O) groups is 1. The molecule has 0 aliphatic heterocycles. The largest absolute Gasteiger partial charge is 0.489 e. The molecule has 1 aliphatic rings. The smallest absolute Gasteiger partial charge is 0.255 e. The second-order valence-electron chi connectivity index (χ2n) is 8.54. The fourth-order valence-corrected chi connectivity index (χ4v) is 5.48. The lowest BCUT2D eigenvalue weighted by Crippen LogP contribution is -2.23. The lowest BCUT2D eigenvalue weighted by molar-refractivity contribution is 0.0948. The number of rotatable bonds is 8. The molecule has 1 aliphatic carbocycles. The second kappa shape index (κ2) is 11.1. The molecule has 180 valence electrons. The number of ether oxygens (including phenoxy) is 1. The highest BCUT2D eigenvalue weighted by molar-refractivity contribution is 7.16. The fourth-order valence-electron chi connectivity index (χ4n) is 4.25. The Kier molecular flexibility index (Phi) is 7.25. The molecule has 2 aromatic carbocycles. The molecular formula is C29H25N3O3S. The molecular weight excluding hydrogens is 470 g/mol. The number of fused-ring (bicyclic) bond motifs is 1. The van der Waals surface area contributed by atoms with Crippen molar-refractivity contribution in [2.24, 2.45) is 4.99 Å². The van der Waals surface area contributed by atoms with E-state index in [0.717, 1.165) is 53.1 Å². The summed E-state index contributed by atoms with van der Waals surface area (Å²) in [5.74, 6) is 1.32. The average molecular weight is 496 g/mol. The van der Waals surface area contributed by atoms with Gasteiger partial charge >= 0.3 is 0 Å². The minimum atomic E-state index is -0.112. The van der Waals surface area contributed by atoms with E-state index in [-0.39, 0.29) is 5.91 Å². The Balaban J connectivity index is 1.29.